The molecule has 1 atom stereocenters. The second-order valence-corrected chi connectivity index (χ2v) is 7.58. The van der Waals surface area contributed by atoms with Crippen molar-refractivity contribution in [1.82, 2.24) is 4.90 Å². The third kappa shape index (κ3) is 9.43. The van der Waals surface area contributed by atoms with E-state index in [9.17, 15) is 14.4 Å². The molecule has 0 amide bonds. The molecule has 1 saturated heterocycles. The Bertz CT molecular complexity index is 935. The largest absolute Gasteiger partial charge is 0.497 e. The molecule has 1 aliphatic rings. The molecule has 1 fully saturated rings. The van der Waals surface area contributed by atoms with Gasteiger partial charge >= 0.3 is 17.9 Å². The zero-order valence-corrected chi connectivity index (χ0v) is 18.9. The van der Waals surface area contributed by atoms with Crippen LogP contribution in [0.4, 0.5) is 0 Å². The van der Waals surface area contributed by atoms with Crippen LogP contribution in [0.2, 0.25) is 0 Å². The van der Waals surface area contributed by atoms with Gasteiger partial charge in [0.25, 0.3) is 0 Å². The molecule has 0 aromatic heterocycles. The van der Waals surface area contributed by atoms with Crippen LogP contribution in [0.3, 0.4) is 0 Å². The Morgan fingerprint density at radius 3 is 1.91 bits per heavy atom. The predicted octanol–water partition coefficient (Wildman–Crippen LogP) is 3.06. The summed E-state index contributed by atoms with van der Waals surface area (Å²) in [5.74, 6) is -2.47. The molecule has 0 radical (unpaired) electrons. The van der Waals surface area contributed by atoms with Gasteiger partial charge < -0.3 is 24.8 Å². The van der Waals surface area contributed by atoms with Crippen LogP contribution in [0, 0.1) is 0 Å². The van der Waals surface area contributed by atoms with E-state index in [1.54, 1.807) is 7.11 Å². The second kappa shape index (κ2) is 13.8. The Balaban J connectivity index is 0.000000440. The topological polar surface area (TPSA) is 134 Å². The summed E-state index contributed by atoms with van der Waals surface area (Å²) in [5, 5.41) is 24.6. The first-order chi connectivity index (χ1) is 16.3. The first-order valence-electron chi connectivity index (χ1n) is 10.7. The van der Waals surface area contributed by atoms with E-state index in [2.05, 4.69) is 12.1 Å². The number of rotatable bonds is 9. The molecule has 182 valence electrons. The quantitative estimate of drug-likeness (QED) is 0.472. The highest BCUT2D eigenvalue weighted by Crippen LogP contribution is 2.31. The lowest BCUT2D eigenvalue weighted by Gasteiger charge is -2.33. The van der Waals surface area contributed by atoms with E-state index in [0.29, 0.717) is 12.2 Å². The molecule has 2 aromatic carbocycles. The molecule has 9 nitrogen and oxygen atoms in total. The lowest BCUT2D eigenvalue weighted by atomic mass is 10.00. The fourth-order valence-corrected chi connectivity index (χ4v) is 3.49. The fraction of sp³-hybridized carbons (Fsp3) is 0.320. The van der Waals surface area contributed by atoms with Crippen LogP contribution in [-0.4, -0.2) is 71.0 Å². The highest BCUT2D eigenvalue weighted by molar-refractivity contribution is 5.89. The Morgan fingerprint density at radius 1 is 0.912 bits per heavy atom. The Hall–Kier alpha value is -3.69. The van der Waals surface area contributed by atoms with Crippen molar-refractivity contribution in [3.63, 3.8) is 0 Å². The van der Waals surface area contributed by atoms with Crippen molar-refractivity contribution in [2.24, 2.45) is 0 Å². The van der Waals surface area contributed by atoms with E-state index in [-0.39, 0.29) is 18.8 Å². The average Bonchev–Trinajstić information content (AvgIpc) is 2.83. The predicted molar refractivity (Wildman–Crippen MR) is 124 cm³/mol. The van der Waals surface area contributed by atoms with E-state index in [0.717, 1.165) is 42.8 Å². The highest BCUT2D eigenvalue weighted by atomic mass is 16.5. The van der Waals surface area contributed by atoms with Gasteiger partial charge in [0.2, 0.25) is 0 Å². The van der Waals surface area contributed by atoms with Crippen LogP contribution < -0.4 is 4.74 Å². The van der Waals surface area contributed by atoms with Crippen molar-refractivity contribution in [3.05, 3.63) is 77.9 Å². The van der Waals surface area contributed by atoms with Gasteiger partial charge in [-0.25, -0.2) is 9.59 Å². The molecule has 2 aromatic rings. The normalized spacial score (nSPS) is 15.2. The van der Waals surface area contributed by atoms with Gasteiger partial charge in [-0.3, -0.25) is 9.69 Å². The van der Waals surface area contributed by atoms with Crippen molar-refractivity contribution in [2.75, 3.05) is 26.7 Å². The summed E-state index contributed by atoms with van der Waals surface area (Å²) in [6.45, 7) is 1.61. The third-order valence-electron chi connectivity index (χ3n) is 5.11. The third-order valence-corrected chi connectivity index (χ3v) is 5.11. The summed E-state index contributed by atoms with van der Waals surface area (Å²) < 4.78 is 11.7. The molecule has 0 bridgehead atoms. The fourth-order valence-electron chi connectivity index (χ4n) is 3.49. The summed E-state index contributed by atoms with van der Waals surface area (Å²) in [5.41, 5.74) is 2.20. The maximum Gasteiger partial charge on any atom is 0.328 e. The summed E-state index contributed by atoms with van der Waals surface area (Å²) in [7, 11) is 1.66. The SMILES string of the molecule is COc1ccc(C(OC2CCN(CC(=O)O)CC2)c2ccccc2)cc1.O=C(O)/C=C\C(=O)O. The van der Waals surface area contributed by atoms with Gasteiger partial charge in [-0.2, -0.15) is 0 Å². The van der Waals surface area contributed by atoms with Crippen molar-refractivity contribution >= 4 is 17.9 Å². The molecule has 1 aliphatic heterocycles. The zero-order chi connectivity index (χ0) is 24.9. The molecule has 3 N–H and O–H groups in total. The second-order valence-electron chi connectivity index (χ2n) is 7.58. The molecule has 34 heavy (non-hydrogen) atoms. The van der Waals surface area contributed by atoms with Crippen molar-refractivity contribution < 1.29 is 39.2 Å². The molecular weight excluding hydrogens is 442 g/mol. The van der Waals surface area contributed by atoms with Crippen LogP contribution in [0.1, 0.15) is 30.1 Å². The number of methoxy groups -OCH3 is 1. The number of carboxylic acid groups (broad SMARTS) is 3. The molecule has 0 saturated carbocycles. The number of piperidine rings is 1. The van der Waals surface area contributed by atoms with E-state index in [1.165, 1.54) is 0 Å². The maximum atomic E-state index is 10.9. The Kier molecular flexibility index (Phi) is 10.8. The molecule has 0 spiro atoms. The summed E-state index contributed by atoms with van der Waals surface area (Å²) in [4.78, 5) is 31.9. The lowest BCUT2D eigenvalue weighted by Crippen LogP contribution is -2.40. The zero-order valence-electron chi connectivity index (χ0n) is 18.9. The number of hydrogen-bond acceptors (Lipinski definition) is 6. The van der Waals surface area contributed by atoms with Gasteiger partial charge in [0.15, 0.2) is 0 Å². The molecule has 1 heterocycles. The molecule has 3 rings (SSSR count). The van der Waals surface area contributed by atoms with Gasteiger partial charge in [0.05, 0.1) is 19.8 Å². The summed E-state index contributed by atoms with van der Waals surface area (Å²) >= 11 is 0. The molecule has 9 heteroatoms. The number of likely N-dealkylation sites (tertiary alicyclic amines) is 1. The van der Waals surface area contributed by atoms with Crippen molar-refractivity contribution in [1.29, 1.82) is 0 Å². The molecule has 1 unspecified atom stereocenters. The lowest BCUT2D eigenvalue weighted by molar-refractivity contribution is -0.139. The van der Waals surface area contributed by atoms with Gasteiger partial charge in [-0.15, -0.1) is 0 Å². The average molecular weight is 472 g/mol. The van der Waals surface area contributed by atoms with E-state index >= 15 is 0 Å². The Morgan fingerprint density at radius 2 is 1.44 bits per heavy atom. The van der Waals surface area contributed by atoms with Crippen LogP contribution in [0.5, 0.6) is 5.75 Å². The van der Waals surface area contributed by atoms with Gasteiger partial charge in [0.1, 0.15) is 11.9 Å². The van der Waals surface area contributed by atoms with E-state index in [4.69, 9.17) is 24.8 Å². The minimum atomic E-state index is -1.26. The Labute approximate surface area is 197 Å². The standard InChI is InChI=1S/C21H25NO4.C4H4O4/c1-25-18-9-7-17(8-10-18)21(16-5-3-2-4-6-16)26-19-11-13-22(14-12-19)15-20(23)24;5-3(6)1-2-4(7)8/h2-10,19,21H,11-15H2,1H3,(H,23,24);1-2H,(H,5,6)(H,7,8)/b;2-1-. The summed E-state index contributed by atoms with van der Waals surface area (Å²) in [6, 6.07) is 18.2. The number of nitrogens with zero attached hydrogens (tertiary/aromatic N) is 1. The van der Waals surface area contributed by atoms with Gasteiger partial charge in [-0.05, 0) is 36.1 Å². The van der Waals surface area contributed by atoms with E-state index < -0.39 is 17.9 Å². The molecule has 0 aliphatic carbocycles. The molecular formula is C25H29NO8. The minimum Gasteiger partial charge on any atom is -0.497 e. The van der Waals surface area contributed by atoms with Crippen molar-refractivity contribution in [3.8, 4) is 5.75 Å². The van der Waals surface area contributed by atoms with Crippen LogP contribution in [-0.2, 0) is 19.1 Å². The number of benzene rings is 2. The van der Waals surface area contributed by atoms with Crippen LogP contribution in [0.25, 0.3) is 0 Å². The maximum absolute atomic E-state index is 10.9. The van der Waals surface area contributed by atoms with Gasteiger partial charge in [0, 0.05) is 25.2 Å². The van der Waals surface area contributed by atoms with Crippen molar-refractivity contribution in [2.45, 2.75) is 25.0 Å². The minimum absolute atomic E-state index is 0.104. The number of ether oxygens (including phenoxy) is 2. The number of aliphatic carboxylic acids is 3. The number of carbonyl (C=O) groups is 3. The monoisotopic (exact) mass is 471 g/mol. The van der Waals surface area contributed by atoms with Gasteiger partial charge in [-0.1, -0.05) is 42.5 Å². The number of carboxylic acids is 3. The smallest absolute Gasteiger partial charge is 0.328 e. The highest BCUT2D eigenvalue weighted by Gasteiger charge is 2.25. The van der Waals surface area contributed by atoms with E-state index in [1.807, 2.05) is 47.4 Å². The van der Waals surface area contributed by atoms with Crippen LogP contribution >= 0.6 is 0 Å². The first-order valence-corrected chi connectivity index (χ1v) is 10.7. The first kappa shape index (κ1) is 26.6. The number of hydrogen-bond donors (Lipinski definition) is 3. The van der Waals surface area contributed by atoms with Crippen LogP contribution in [0.15, 0.2) is 66.7 Å². The summed E-state index contributed by atoms with van der Waals surface area (Å²) in [6.07, 6.45) is 2.77.